The second-order valence-corrected chi connectivity index (χ2v) is 6.06. The molecule has 1 aromatic heterocycles. The molecule has 1 aromatic carbocycles. The van der Waals surface area contributed by atoms with Gasteiger partial charge in [0.2, 0.25) is 0 Å². The summed E-state index contributed by atoms with van der Waals surface area (Å²) in [7, 11) is 0. The Kier molecular flexibility index (Phi) is 5.03. The first-order chi connectivity index (χ1) is 11.2. The number of hydrogen-bond donors (Lipinski definition) is 1. The maximum atomic E-state index is 10.7. The normalized spacial score (nSPS) is 18.2. The van der Waals surface area contributed by atoms with Gasteiger partial charge in [-0.2, -0.15) is 0 Å². The van der Waals surface area contributed by atoms with Gasteiger partial charge in [0, 0.05) is 18.7 Å². The first-order valence-corrected chi connectivity index (χ1v) is 8.18. The summed E-state index contributed by atoms with van der Waals surface area (Å²) in [4.78, 5) is 17.9. The molecule has 1 aliphatic heterocycles. The van der Waals surface area contributed by atoms with Crippen molar-refractivity contribution in [1.29, 1.82) is 0 Å². The highest BCUT2D eigenvalue weighted by molar-refractivity contribution is 5.66. The van der Waals surface area contributed by atoms with Crippen LogP contribution in [0, 0.1) is 0 Å². The van der Waals surface area contributed by atoms with Crippen LogP contribution in [0.1, 0.15) is 42.3 Å². The van der Waals surface area contributed by atoms with Gasteiger partial charge in [-0.3, -0.25) is 14.7 Å². The molecule has 4 nitrogen and oxygen atoms in total. The van der Waals surface area contributed by atoms with E-state index in [0.29, 0.717) is 12.5 Å². The minimum absolute atomic E-state index is 0.134. The lowest BCUT2D eigenvalue weighted by Crippen LogP contribution is -2.23. The number of aryl methyl sites for hydroxylation is 1. The van der Waals surface area contributed by atoms with Crippen LogP contribution in [0.2, 0.25) is 0 Å². The van der Waals surface area contributed by atoms with Crippen molar-refractivity contribution in [2.24, 2.45) is 0 Å². The Hall–Kier alpha value is -2.20. The molecule has 1 N–H and O–H groups in total. The van der Waals surface area contributed by atoms with E-state index in [0.717, 1.165) is 30.9 Å². The van der Waals surface area contributed by atoms with Gasteiger partial charge in [0.05, 0.1) is 18.2 Å². The van der Waals surface area contributed by atoms with Crippen LogP contribution in [0.25, 0.3) is 0 Å². The van der Waals surface area contributed by atoms with Crippen LogP contribution in [-0.2, 0) is 17.8 Å². The number of aliphatic carboxylic acids is 1. The van der Waals surface area contributed by atoms with E-state index < -0.39 is 5.97 Å². The number of carboxylic acids is 1. The molecule has 0 amide bonds. The summed E-state index contributed by atoms with van der Waals surface area (Å²) in [6, 6.07) is 16.8. The van der Waals surface area contributed by atoms with Gasteiger partial charge < -0.3 is 5.11 Å². The van der Waals surface area contributed by atoms with Crippen molar-refractivity contribution in [3.8, 4) is 0 Å². The lowest BCUT2D eigenvalue weighted by Gasteiger charge is -2.24. The number of nitrogens with zero attached hydrogens (tertiary/aromatic N) is 2. The fourth-order valence-electron chi connectivity index (χ4n) is 3.23. The van der Waals surface area contributed by atoms with Crippen molar-refractivity contribution in [2.75, 3.05) is 6.54 Å². The molecule has 0 radical (unpaired) electrons. The van der Waals surface area contributed by atoms with Gasteiger partial charge in [0.1, 0.15) is 0 Å². The first kappa shape index (κ1) is 15.7. The van der Waals surface area contributed by atoms with E-state index in [1.54, 1.807) is 0 Å². The number of rotatable bonds is 6. The minimum Gasteiger partial charge on any atom is -0.481 e. The van der Waals surface area contributed by atoms with E-state index in [-0.39, 0.29) is 6.42 Å². The number of carbonyl (C=O) groups is 1. The molecule has 0 spiro atoms. The fraction of sp³-hybridized carbons (Fsp3) is 0.368. The number of aromatic nitrogens is 1. The monoisotopic (exact) mass is 310 g/mol. The lowest BCUT2D eigenvalue weighted by molar-refractivity contribution is -0.136. The van der Waals surface area contributed by atoms with E-state index in [2.05, 4.69) is 35.2 Å². The highest BCUT2D eigenvalue weighted by atomic mass is 16.4. The Bertz CT molecular complexity index is 657. The molecule has 120 valence electrons. The third-order valence-electron chi connectivity index (χ3n) is 4.36. The molecule has 1 saturated heterocycles. The molecular weight excluding hydrogens is 288 g/mol. The van der Waals surface area contributed by atoms with Gasteiger partial charge in [0.15, 0.2) is 0 Å². The van der Waals surface area contributed by atoms with Crippen molar-refractivity contribution in [3.63, 3.8) is 0 Å². The summed E-state index contributed by atoms with van der Waals surface area (Å²) in [5, 5.41) is 8.83. The molecule has 2 heterocycles. The Labute approximate surface area is 136 Å². The fourth-order valence-corrected chi connectivity index (χ4v) is 3.23. The average molecular weight is 310 g/mol. The Balaban J connectivity index is 1.72. The summed E-state index contributed by atoms with van der Waals surface area (Å²) >= 11 is 0. The van der Waals surface area contributed by atoms with Gasteiger partial charge in [-0.25, -0.2) is 0 Å². The van der Waals surface area contributed by atoms with E-state index in [1.807, 2.05) is 18.2 Å². The molecule has 1 atom stereocenters. The smallest absolute Gasteiger partial charge is 0.303 e. The highest BCUT2D eigenvalue weighted by Crippen LogP contribution is 2.32. The third kappa shape index (κ3) is 4.17. The highest BCUT2D eigenvalue weighted by Gasteiger charge is 2.27. The van der Waals surface area contributed by atoms with Crippen LogP contribution in [0.3, 0.4) is 0 Å². The SMILES string of the molecule is O=C(O)CCc1cccc([C@H]2CCCN2Cc2ccccc2)n1. The predicted molar refractivity (Wildman–Crippen MR) is 89.0 cm³/mol. The predicted octanol–water partition coefficient (Wildman–Crippen LogP) is 3.44. The molecule has 23 heavy (non-hydrogen) atoms. The van der Waals surface area contributed by atoms with E-state index in [9.17, 15) is 4.79 Å². The zero-order valence-electron chi connectivity index (χ0n) is 13.2. The van der Waals surface area contributed by atoms with Crippen molar-refractivity contribution >= 4 is 5.97 Å². The molecule has 3 rings (SSSR count). The van der Waals surface area contributed by atoms with Crippen LogP contribution in [0.4, 0.5) is 0 Å². The molecule has 1 aliphatic rings. The molecule has 2 aromatic rings. The Morgan fingerprint density at radius 3 is 2.78 bits per heavy atom. The second-order valence-electron chi connectivity index (χ2n) is 6.06. The molecule has 1 fully saturated rings. The van der Waals surface area contributed by atoms with Gasteiger partial charge in [-0.1, -0.05) is 36.4 Å². The molecular formula is C19H22N2O2. The average Bonchev–Trinajstić information content (AvgIpc) is 3.02. The van der Waals surface area contributed by atoms with Crippen molar-refractivity contribution < 1.29 is 9.90 Å². The quantitative estimate of drug-likeness (QED) is 0.888. The number of carboxylic acid groups (broad SMARTS) is 1. The topological polar surface area (TPSA) is 53.4 Å². The molecule has 0 unspecified atom stereocenters. The number of likely N-dealkylation sites (tertiary alicyclic amines) is 1. The number of hydrogen-bond acceptors (Lipinski definition) is 3. The first-order valence-electron chi connectivity index (χ1n) is 8.18. The second kappa shape index (κ2) is 7.38. The van der Waals surface area contributed by atoms with Gasteiger partial charge in [0.25, 0.3) is 0 Å². The summed E-state index contributed by atoms with van der Waals surface area (Å²) in [5.41, 5.74) is 3.26. The molecule has 0 aliphatic carbocycles. The van der Waals surface area contributed by atoms with Crippen LogP contribution >= 0.6 is 0 Å². The van der Waals surface area contributed by atoms with E-state index >= 15 is 0 Å². The standard InChI is InChI=1S/C19H22N2O2/c22-19(23)12-11-16-8-4-9-17(20-16)18-10-5-13-21(18)14-15-6-2-1-3-7-15/h1-4,6-9,18H,5,10-14H2,(H,22,23)/t18-/m1/s1. The number of benzene rings is 1. The molecule has 0 saturated carbocycles. The summed E-state index contributed by atoms with van der Waals surface area (Å²) in [6.07, 6.45) is 2.92. The summed E-state index contributed by atoms with van der Waals surface area (Å²) < 4.78 is 0. The van der Waals surface area contributed by atoms with Gasteiger partial charge in [-0.05, 0) is 37.1 Å². The van der Waals surface area contributed by atoms with Gasteiger partial charge in [-0.15, -0.1) is 0 Å². The van der Waals surface area contributed by atoms with E-state index in [4.69, 9.17) is 10.1 Å². The molecule has 0 bridgehead atoms. The number of pyridine rings is 1. The van der Waals surface area contributed by atoms with E-state index in [1.165, 1.54) is 12.0 Å². The maximum absolute atomic E-state index is 10.7. The summed E-state index contributed by atoms with van der Waals surface area (Å²) in [5.74, 6) is -0.774. The summed E-state index contributed by atoms with van der Waals surface area (Å²) in [6.45, 7) is 2.02. The molecule has 4 heteroatoms. The van der Waals surface area contributed by atoms with Crippen LogP contribution in [-0.4, -0.2) is 27.5 Å². The maximum Gasteiger partial charge on any atom is 0.303 e. The van der Waals surface area contributed by atoms with Gasteiger partial charge >= 0.3 is 5.97 Å². The van der Waals surface area contributed by atoms with Crippen LogP contribution < -0.4 is 0 Å². The van der Waals surface area contributed by atoms with Crippen molar-refractivity contribution in [1.82, 2.24) is 9.88 Å². The zero-order chi connectivity index (χ0) is 16.1. The van der Waals surface area contributed by atoms with Crippen LogP contribution in [0.5, 0.6) is 0 Å². The Morgan fingerprint density at radius 2 is 2.00 bits per heavy atom. The van der Waals surface area contributed by atoms with Crippen molar-refractivity contribution in [2.45, 2.75) is 38.3 Å². The zero-order valence-corrected chi connectivity index (χ0v) is 13.2. The lowest BCUT2D eigenvalue weighted by atomic mass is 10.1. The van der Waals surface area contributed by atoms with Crippen LogP contribution in [0.15, 0.2) is 48.5 Å². The minimum atomic E-state index is -0.774. The van der Waals surface area contributed by atoms with Crippen molar-refractivity contribution in [3.05, 3.63) is 65.5 Å². The Morgan fingerprint density at radius 1 is 1.17 bits per heavy atom. The third-order valence-corrected chi connectivity index (χ3v) is 4.36. The largest absolute Gasteiger partial charge is 0.481 e.